The van der Waals surface area contributed by atoms with E-state index in [0.29, 0.717) is 19.6 Å². The van der Waals surface area contributed by atoms with E-state index in [1.807, 2.05) is 5.38 Å². The molecule has 2 rings (SSSR count). The summed E-state index contributed by atoms with van der Waals surface area (Å²) in [6.45, 7) is 1.20. The summed E-state index contributed by atoms with van der Waals surface area (Å²) in [7, 11) is 0. The van der Waals surface area contributed by atoms with Gasteiger partial charge in [0.1, 0.15) is 0 Å². The first-order valence-corrected chi connectivity index (χ1v) is 6.73. The summed E-state index contributed by atoms with van der Waals surface area (Å²) < 4.78 is 1.60. The van der Waals surface area contributed by atoms with Gasteiger partial charge in [0.2, 0.25) is 0 Å². The van der Waals surface area contributed by atoms with Crippen LogP contribution in [0.25, 0.3) is 0 Å². The van der Waals surface area contributed by atoms with Gasteiger partial charge in [0, 0.05) is 24.7 Å². The molecule has 0 spiro atoms. The number of carbonyl (C=O) groups excluding carboxylic acids is 1. The van der Waals surface area contributed by atoms with Crippen LogP contribution in [0.5, 0.6) is 0 Å². The van der Waals surface area contributed by atoms with Crippen LogP contribution in [-0.4, -0.2) is 38.2 Å². The van der Waals surface area contributed by atoms with Crippen molar-refractivity contribution in [3.05, 3.63) is 34.8 Å². The van der Waals surface area contributed by atoms with Gasteiger partial charge in [-0.25, -0.2) is 19.6 Å². The quantitative estimate of drug-likeness (QED) is 0.720. The SMILES string of the molecule is O=C(NCCn1cnc(C(=O)O)c1)NCc1cscn1. The Morgan fingerprint density at radius 3 is 2.85 bits per heavy atom. The summed E-state index contributed by atoms with van der Waals surface area (Å²) in [5.74, 6) is -1.07. The van der Waals surface area contributed by atoms with Crippen molar-refractivity contribution in [1.82, 2.24) is 25.2 Å². The van der Waals surface area contributed by atoms with Crippen molar-refractivity contribution in [3.8, 4) is 0 Å². The van der Waals surface area contributed by atoms with Crippen molar-refractivity contribution >= 4 is 23.3 Å². The zero-order valence-electron chi connectivity index (χ0n) is 10.4. The molecule has 20 heavy (non-hydrogen) atoms. The fourth-order valence-corrected chi connectivity index (χ4v) is 2.01. The average Bonchev–Trinajstić information content (AvgIpc) is 3.07. The number of hydrogen-bond donors (Lipinski definition) is 3. The Balaban J connectivity index is 1.67. The number of amides is 2. The van der Waals surface area contributed by atoms with Gasteiger partial charge in [0.25, 0.3) is 0 Å². The lowest BCUT2D eigenvalue weighted by atomic mass is 10.5. The zero-order valence-corrected chi connectivity index (χ0v) is 11.3. The van der Waals surface area contributed by atoms with Gasteiger partial charge in [-0.3, -0.25) is 0 Å². The van der Waals surface area contributed by atoms with Gasteiger partial charge in [0.05, 0.1) is 24.1 Å². The number of carboxylic acids is 1. The number of imidazole rings is 1. The number of nitrogens with zero attached hydrogens (tertiary/aromatic N) is 3. The molecular weight excluding hydrogens is 282 g/mol. The molecule has 3 N–H and O–H groups in total. The molecule has 0 saturated heterocycles. The second-order valence-electron chi connectivity index (χ2n) is 3.89. The molecule has 0 bridgehead atoms. The molecule has 2 heterocycles. The summed E-state index contributed by atoms with van der Waals surface area (Å²) in [6, 6.07) is -0.295. The smallest absolute Gasteiger partial charge is 0.356 e. The molecule has 9 heteroatoms. The van der Waals surface area contributed by atoms with Crippen LogP contribution < -0.4 is 10.6 Å². The van der Waals surface area contributed by atoms with Crippen LogP contribution >= 0.6 is 11.3 Å². The molecule has 0 saturated carbocycles. The highest BCUT2D eigenvalue weighted by Crippen LogP contribution is 1.99. The van der Waals surface area contributed by atoms with Crippen molar-refractivity contribution < 1.29 is 14.7 Å². The summed E-state index contributed by atoms with van der Waals surface area (Å²) in [4.78, 5) is 29.9. The maximum Gasteiger partial charge on any atom is 0.356 e. The van der Waals surface area contributed by atoms with E-state index >= 15 is 0 Å². The number of nitrogens with one attached hydrogen (secondary N) is 2. The van der Waals surface area contributed by atoms with Crippen molar-refractivity contribution in [3.63, 3.8) is 0 Å². The Hall–Kier alpha value is -2.42. The first-order chi connectivity index (χ1) is 9.65. The highest BCUT2D eigenvalue weighted by molar-refractivity contribution is 7.07. The van der Waals surface area contributed by atoms with Crippen LogP contribution in [0, 0.1) is 0 Å². The number of urea groups is 1. The molecule has 0 fully saturated rings. The number of carboxylic acid groups (broad SMARTS) is 1. The number of aromatic carboxylic acids is 1. The monoisotopic (exact) mass is 295 g/mol. The molecule has 0 radical (unpaired) electrons. The standard InChI is InChI=1S/C11H13N5O3S/c17-10(18)9-4-16(6-14-9)2-1-12-11(19)13-3-8-5-20-7-15-8/h4-7H,1-3H2,(H,17,18)(H2,12,13,19). The predicted molar refractivity (Wildman–Crippen MR) is 71.5 cm³/mol. The number of carbonyl (C=O) groups is 2. The van der Waals surface area contributed by atoms with Gasteiger partial charge in [-0.15, -0.1) is 11.3 Å². The lowest BCUT2D eigenvalue weighted by Crippen LogP contribution is -2.36. The normalized spacial score (nSPS) is 10.2. The first kappa shape index (κ1) is 14.0. The van der Waals surface area contributed by atoms with Gasteiger partial charge in [0.15, 0.2) is 5.69 Å². The summed E-state index contributed by atoms with van der Waals surface area (Å²) >= 11 is 1.47. The van der Waals surface area contributed by atoms with Crippen molar-refractivity contribution in [1.29, 1.82) is 0 Å². The van der Waals surface area contributed by atoms with E-state index in [9.17, 15) is 9.59 Å². The van der Waals surface area contributed by atoms with Crippen LogP contribution in [0.2, 0.25) is 0 Å². The maximum atomic E-state index is 11.5. The van der Waals surface area contributed by atoms with E-state index in [2.05, 4.69) is 20.6 Å². The molecule has 0 unspecified atom stereocenters. The van der Waals surface area contributed by atoms with Gasteiger partial charge in [-0.1, -0.05) is 0 Å². The Bertz CT molecular complexity index is 581. The molecule has 0 atom stereocenters. The molecular formula is C11H13N5O3S. The highest BCUT2D eigenvalue weighted by Gasteiger charge is 2.06. The number of thiazole rings is 1. The third-order valence-corrected chi connectivity index (χ3v) is 3.06. The molecule has 0 aliphatic heterocycles. The lowest BCUT2D eigenvalue weighted by Gasteiger charge is -2.06. The van der Waals surface area contributed by atoms with Crippen LogP contribution in [0.15, 0.2) is 23.4 Å². The van der Waals surface area contributed by atoms with Gasteiger partial charge in [-0.05, 0) is 0 Å². The minimum Gasteiger partial charge on any atom is -0.476 e. The number of hydrogen-bond acceptors (Lipinski definition) is 5. The van der Waals surface area contributed by atoms with Gasteiger partial charge in [-0.2, -0.15) is 0 Å². The second-order valence-corrected chi connectivity index (χ2v) is 4.61. The van der Waals surface area contributed by atoms with E-state index in [-0.39, 0.29) is 11.7 Å². The summed E-state index contributed by atoms with van der Waals surface area (Å²) in [5, 5.41) is 15.9. The first-order valence-electron chi connectivity index (χ1n) is 5.79. The second kappa shape index (κ2) is 6.66. The van der Waals surface area contributed by atoms with E-state index in [0.717, 1.165) is 5.69 Å². The fraction of sp³-hybridized carbons (Fsp3) is 0.273. The Kier molecular flexibility index (Phi) is 4.66. The van der Waals surface area contributed by atoms with Crippen LogP contribution in [0.4, 0.5) is 4.79 Å². The van der Waals surface area contributed by atoms with E-state index < -0.39 is 5.97 Å². The molecule has 8 nitrogen and oxygen atoms in total. The number of aromatic nitrogens is 3. The van der Waals surface area contributed by atoms with Crippen molar-refractivity contribution in [2.24, 2.45) is 0 Å². The highest BCUT2D eigenvalue weighted by atomic mass is 32.1. The predicted octanol–water partition coefficient (Wildman–Crippen LogP) is 0.537. The Labute approximate surface area is 118 Å². The van der Waals surface area contributed by atoms with Gasteiger partial charge < -0.3 is 20.3 Å². The zero-order chi connectivity index (χ0) is 14.4. The summed E-state index contributed by atoms with van der Waals surface area (Å²) in [5.41, 5.74) is 2.50. The molecule has 106 valence electrons. The van der Waals surface area contributed by atoms with Crippen molar-refractivity contribution in [2.45, 2.75) is 13.1 Å². The van der Waals surface area contributed by atoms with Crippen LogP contribution in [0.1, 0.15) is 16.2 Å². The largest absolute Gasteiger partial charge is 0.476 e. The molecule has 2 amide bonds. The van der Waals surface area contributed by atoms with Crippen LogP contribution in [0.3, 0.4) is 0 Å². The Morgan fingerprint density at radius 2 is 2.20 bits per heavy atom. The van der Waals surface area contributed by atoms with E-state index in [4.69, 9.17) is 5.11 Å². The minimum atomic E-state index is -1.07. The molecule has 2 aromatic rings. The summed E-state index contributed by atoms with van der Waals surface area (Å²) in [6.07, 6.45) is 2.83. The maximum absolute atomic E-state index is 11.5. The van der Waals surface area contributed by atoms with Gasteiger partial charge >= 0.3 is 12.0 Å². The fourth-order valence-electron chi connectivity index (χ4n) is 1.45. The van der Waals surface area contributed by atoms with E-state index in [1.54, 1.807) is 10.1 Å². The molecule has 2 aromatic heterocycles. The number of rotatable bonds is 6. The third kappa shape index (κ3) is 4.05. The van der Waals surface area contributed by atoms with Crippen LogP contribution in [-0.2, 0) is 13.1 Å². The Morgan fingerprint density at radius 1 is 1.35 bits per heavy atom. The minimum absolute atomic E-state index is 0.0158. The van der Waals surface area contributed by atoms with E-state index in [1.165, 1.54) is 23.9 Å². The molecule has 0 aliphatic carbocycles. The van der Waals surface area contributed by atoms with Crippen molar-refractivity contribution in [2.75, 3.05) is 6.54 Å². The topological polar surface area (TPSA) is 109 Å². The molecule has 0 aliphatic rings. The lowest BCUT2D eigenvalue weighted by molar-refractivity contribution is 0.0691. The average molecular weight is 295 g/mol. The molecule has 0 aromatic carbocycles. The third-order valence-electron chi connectivity index (χ3n) is 2.42.